The van der Waals surface area contributed by atoms with E-state index in [1.165, 1.54) is 23.1 Å². The van der Waals surface area contributed by atoms with Gasteiger partial charge in [0, 0.05) is 37.9 Å². The van der Waals surface area contributed by atoms with Crippen LogP contribution in [-0.4, -0.2) is 63.5 Å². The van der Waals surface area contributed by atoms with Gasteiger partial charge in [0.2, 0.25) is 5.91 Å². The number of carbonyl (C=O) groups is 2. The Morgan fingerprint density at radius 3 is 2.60 bits per heavy atom. The molecule has 0 aliphatic carbocycles. The topological polar surface area (TPSA) is 92.4 Å². The van der Waals surface area contributed by atoms with E-state index in [-0.39, 0.29) is 17.6 Å². The summed E-state index contributed by atoms with van der Waals surface area (Å²) in [4.78, 5) is 37.4. The summed E-state index contributed by atoms with van der Waals surface area (Å²) in [5, 5.41) is 2.40. The first kappa shape index (κ1) is 17.7. The number of rotatable bonds is 4. The van der Waals surface area contributed by atoms with Gasteiger partial charge in [0.25, 0.3) is 5.91 Å². The number of nitrogens with zero attached hydrogens (tertiary/aromatic N) is 4. The van der Waals surface area contributed by atoms with E-state index in [1.807, 2.05) is 24.4 Å². The highest BCUT2D eigenvalue weighted by Crippen LogP contribution is 2.17. The predicted octanol–water partition coefficient (Wildman–Crippen LogP) is 1.51. The molecule has 3 heterocycles. The van der Waals surface area contributed by atoms with E-state index in [4.69, 9.17) is 5.73 Å². The first-order chi connectivity index (χ1) is 12.0. The molecule has 0 radical (unpaired) electrons. The van der Waals surface area contributed by atoms with Crippen LogP contribution in [-0.2, 0) is 4.79 Å². The molecule has 0 aromatic carbocycles. The normalized spacial score (nSPS) is 14.6. The molecule has 0 spiro atoms. The highest BCUT2D eigenvalue weighted by Gasteiger charge is 2.25. The van der Waals surface area contributed by atoms with E-state index >= 15 is 0 Å². The molecule has 1 fully saturated rings. The van der Waals surface area contributed by atoms with E-state index in [1.54, 1.807) is 15.9 Å². The second kappa shape index (κ2) is 7.83. The summed E-state index contributed by atoms with van der Waals surface area (Å²) in [7, 11) is 0. The van der Waals surface area contributed by atoms with Crippen molar-refractivity contribution in [2.24, 2.45) is 0 Å². The molecule has 0 saturated carbocycles. The van der Waals surface area contributed by atoms with Gasteiger partial charge >= 0.3 is 0 Å². The minimum atomic E-state index is 0.0249. The van der Waals surface area contributed by atoms with Crippen molar-refractivity contribution in [3.8, 4) is 0 Å². The second-order valence-electron chi connectivity index (χ2n) is 5.66. The summed E-state index contributed by atoms with van der Waals surface area (Å²) in [5.41, 5.74) is 6.48. The molecule has 2 aromatic rings. The van der Waals surface area contributed by atoms with Crippen molar-refractivity contribution in [3.05, 3.63) is 34.2 Å². The predicted molar refractivity (Wildman–Crippen MR) is 98.7 cm³/mol. The van der Waals surface area contributed by atoms with Crippen LogP contribution in [0.5, 0.6) is 0 Å². The third-order valence-electron chi connectivity index (χ3n) is 3.83. The summed E-state index contributed by atoms with van der Waals surface area (Å²) in [6, 6.07) is 5.39. The molecule has 0 unspecified atom stereocenters. The zero-order valence-electron chi connectivity index (χ0n) is 13.8. The van der Waals surface area contributed by atoms with Gasteiger partial charge in [-0.15, -0.1) is 11.3 Å². The van der Waals surface area contributed by atoms with Gasteiger partial charge in [0.05, 0.1) is 10.6 Å². The van der Waals surface area contributed by atoms with Crippen LogP contribution in [0.15, 0.2) is 28.7 Å². The van der Waals surface area contributed by atoms with Gasteiger partial charge < -0.3 is 15.5 Å². The summed E-state index contributed by atoms with van der Waals surface area (Å²) in [6.07, 6.45) is 0. The van der Waals surface area contributed by atoms with Gasteiger partial charge in [-0.05, 0) is 18.4 Å². The van der Waals surface area contributed by atoms with Crippen LogP contribution in [0.4, 0.5) is 5.82 Å². The molecule has 25 heavy (non-hydrogen) atoms. The van der Waals surface area contributed by atoms with Gasteiger partial charge in [-0.3, -0.25) is 9.59 Å². The minimum Gasteiger partial charge on any atom is -0.384 e. The molecule has 3 rings (SSSR count). The average Bonchev–Trinajstić information content (AvgIpc) is 3.13. The molecule has 0 bridgehead atoms. The van der Waals surface area contributed by atoms with Crippen LogP contribution in [0.3, 0.4) is 0 Å². The van der Waals surface area contributed by atoms with Crippen LogP contribution in [0.1, 0.15) is 15.4 Å². The number of piperazine rings is 1. The molecule has 2 aromatic heterocycles. The fraction of sp³-hybridized carbons (Fsp3) is 0.375. The lowest BCUT2D eigenvalue weighted by Crippen LogP contribution is -2.51. The maximum Gasteiger partial charge on any atom is 0.264 e. The monoisotopic (exact) mass is 377 g/mol. The van der Waals surface area contributed by atoms with Gasteiger partial charge in [-0.1, -0.05) is 17.8 Å². The number of nitrogen functional groups attached to an aromatic ring is 1. The number of aromatic nitrogens is 2. The largest absolute Gasteiger partial charge is 0.384 e. The lowest BCUT2D eigenvalue weighted by Gasteiger charge is -2.34. The first-order valence-electron chi connectivity index (χ1n) is 7.87. The van der Waals surface area contributed by atoms with Crippen molar-refractivity contribution in [1.82, 2.24) is 19.8 Å². The molecule has 132 valence electrons. The zero-order valence-corrected chi connectivity index (χ0v) is 15.5. The fourth-order valence-corrected chi connectivity index (χ4v) is 4.07. The minimum absolute atomic E-state index is 0.0249. The van der Waals surface area contributed by atoms with Crippen molar-refractivity contribution in [3.63, 3.8) is 0 Å². The lowest BCUT2D eigenvalue weighted by atomic mass is 10.3. The Labute approximate surface area is 154 Å². The third kappa shape index (κ3) is 4.49. The summed E-state index contributed by atoms with van der Waals surface area (Å²) in [6.45, 7) is 4.05. The molecule has 0 atom stereocenters. The van der Waals surface area contributed by atoms with E-state index in [0.717, 1.165) is 10.6 Å². The van der Waals surface area contributed by atoms with Crippen molar-refractivity contribution < 1.29 is 9.59 Å². The Balaban J connectivity index is 1.49. The number of thioether (sulfide) groups is 1. The van der Waals surface area contributed by atoms with Crippen LogP contribution in [0, 0.1) is 6.92 Å². The molecule has 2 amide bonds. The Hall–Kier alpha value is -2.13. The highest BCUT2D eigenvalue weighted by atomic mass is 32.2. The SMILES string of the molecule is Cc1cc(N)nc(SCC(=O)N2CCN(C(=O)c3cccs3)CC2)n1. The van der Waals surface area contributed by atoms with Crippen molar-refractivity contribution in [1.29, 1.82) is 0 Å². The quantitative estimate of drug-likeness (QED) is 0.641. The lowest BCUT2D eigenvalue weighted by molar-refractivity contribution is -0.129. The Bertz CT molecular complexity index is 738. The van der Waals surface area contributed by atoms with Gasteiger partial charge in [0.15, 0.2) is 5.16 Å². The second-order valence-corrected chi connectivity index (χ2v) is 7.55. The maximum absolute atomic E-state index is 12.4. The van der Waals surface area contributed by atoms with Crippen molar-refractivity contribution >= 4 is 40.7 Å². The average molecular weight is 377 g/mol. The molecule has 1 aliphatic rings. The number of thiophene rings is 1. The maximum atomic E-state index is 12.4. The van der Waals surface area contributed by atoms with Gasteiger partial charge in [-0.2, -0.15) is 0 Å². The number of hydrogen-bond acceptors (Lipinski definition) is 7. The first-order valence-corrected chi connectivity index (χ1v) is 9.74. The zero-order chi connectivity index (χ0) is 17.8. The van der Waals surface area contributed by atoms with E-state index in [2.05, 4.69) is 9.97 Å². The Morgan fingerprint density at radius 2 is 1.96 bits per heavy atom. The van der Waals surface area contributed by atoms with Crippen LogP contribution < -0.4 is 5.73 Å². The van der Waals surface area contributed by atoms with E-state index in [9.17, 15) is 9.59 Å². The van der Waals surface area contributed by atoms with Crippen LogP contribution in [0.2, 0.25) is 0 Å². The summed E-state index contributed by atoms with van der Waals surface area (Å²) >= 11 is 2.72. The number of aryl methyl sites for hydroxylation is 1. The molecular formula is C16H19N5O2S2. The highest BCUT2D eigenvalue weighted by molar-refractivity contribution is 7.99. The molecule has 1 saturated heterocycles. The summed E-state index contributed by atoms with van der Waals surface area (Å²) in [5.74, 6) is 0.738. The van der Waals surface area contributed by atoms with Crippen molar-refractivity contribution in [2.45, 2.75) is 12.1 Å². The van der Waals surface area contributed by atoms with E-state index in [0.29, 0.717) is 37.2 Å². The van der Waals surface area contributed by atoms with Crippen molar-refractivity contribution in [2.75, 3.05) is 37.7 Å². The van der Waals surface area contributed by atoms with Gasteiger partial charge in [-0.25, -0.2) is 9.97 Å². The van der Waals surface area contributed by atoms with Gasteiger partial charge in [0.1, 0.15) is 5.82 Å². The van der Waals surface area contributed by atoms with Crippen LogP contribution in [0.25, 0.3) is 0 Å². The number of amides is 2. The summed E-state index contributed by atoms with van der Waals surface area (Å²) < 4.78 is 0. The number of hydrogen-bond donors (Lipinski definition) is 1. The molecule has 1 aliphatic heterocycles. The standard InChI is InChI=1S/C16H19N5O2S2/c1-11-9-13(17)19-16(18-11)25-10-14(22)20-4-6-21(7-5-20)15(23)12-3-2-8-24-12/h2-3,8-9H,4-7,10H2,1H3,(H2,17,18,19). The molecule has 7 nitrogen and oxygen atoms in total. The number of carbonyl (C=O) groups excluding carboxylic acids is 2. The molecule has 9 heteroatoms. The number of anilines is 1. The Kier molecular flexibility index (Phi) is 5.54. The smallest absolute Gasteiger partial charge is 0.264 e. The molecular weight excluding hydrogens is 358 g/mol. The van der Waals surface area contributed by atoms with E-state index < -0.39 is 0 Å². The fourth-order valence-electron chi connectivity index (χ4n) is 2.56. The van der Waals surface area contributed by atoms with Crippen LogP contribution >= 0.6 is 23.1 Å². The number of nitrogens with two attached hydrogens (primary N) is 1. The Morgan fingerprint density at radius 1 is 1.24 bits per heavy atom. The molecule has 2 N–H and O–H groups in total. The third-order valence-corrected chi connectivity index (χ3v) is 5.52.